The number of carboxylic acid groups (broad SMARTS) is 1. The topological polar surface area (TPSA) is 123 Å². The van der Waals surface area contributed by atoms with Crippen LogP contribution in [0.2, 0.25) is 0 Å². The van der Waals surface area contributed by atoms with E-state index in [0.717, 1.165) is 11.0 Å². The number of nitro groups is 1. The van der Waals surface area contributed by atoms with Gasteiger partial charge in [-0.05, 0) is 0 Å². The molecule has 20 heavy (non-hydrogen) atoms. The summed E-state index contributed by atoms with van der Waals surface area (Å²) in [5, 5.41) is 19.7. The lowest BCUT2D eigenvalue weighted by atomic mass is 10.2. The Morgan fingerprint density at radius 2 is 2.25 bits per heavy atom. The Morgan fingerprint density at radius 3 is 2.70 bits per heavy atom. The van der Waals surface area contributed by atoms with E-state index in [-0.39, 0.29) is 12.4 Å². The van der Waals surface area contributed by atoms with Crippen LogP contribution in [0, 0.1) is 10.1 Å². The number of hydrogen-bond donors (Lipinski definition) is 2. The molecule has 1 saturated heterocycles. The number of aromatic carboxylic acids is 1. The average molecular weight is 288 g/mol. The van der Waals surface area contributed by atoms with E-state index >= 15 is 0 Å². The zero-order chi connectivity index (χ0) is 15.1. The Bertz CT molecular complexity index is 593. The van der Waals surface area contributed by atoms with Gasteiger partial charge in [0, 0.05) is 19.0 Å². The molecule has 0 atom stereocenters. The first kappa shape index (κ1) is 13.9. The van der Waals surface area contributed by atoms with Crippen molar-refractivity contribution in [1.29, 1.82) is 0 Å². The van der Waals surface area contributed by atoms with Crippen LogP contribution >= 0.6 is 0 Å². The molecule has 0 radical (unpaired) electrons. The number of nitrogen functional groups attached to an aromatic ring is 1. The van der Waals surface area contributed by atoms with Crippen LogP contribution in [0.1, 0.15) is 16.8 Å². The van der Waals surface area contributed by atoms with Crippen LogP contribution in [0.15, 0.2) is 6.07 Å². The summed E-state index contributed by atoms with van der Waals surface area (Å²) in [6, 6.07) is 0.733. The van der Waals surface area contributed by atoms with Crippen molar-refractivity contribution < 1.29 is 23.6 Å². The van der Waals surface area contributed by atoms with Crippen LogP contribution in [-0.2, 0) is 0 Å². The van der Waals surface area contributed by atoms with Crippen molar-refractivity contribution in [2.75, 3.05) is 23.7 Å². The lowest BCUT2D eigenvalue weighted by molar-refractivity contribution is -0.384. The Labute approximate surface area is 111 Å². The molecule has 0 aromatic carbocycles. The highest BCUT2D eigenvalue weighted by molar-refractivity contribution is 5.95. The molecular formula is C10H10F2N4O4. The third-order valence-electron chi connectivity index (χ3n) is 2.91. The lowest BCUT2D eigenvalue weighted by Gasteiger charge is -2.19. The maximum atomic E-state index is 13.2. The summed E-state index contributed by atoms with van der Waals surface area (Å²) in [6.07, 6.45) is -0.440. The van der Waals surface area contributed by atoms with Crippen LogP contribution in [-0.4, -0.2) is 40.0 Å². The molecule has 2 heterocycles. The molecule has 0 spiro atoms. The van der Waals surface area contributed by atoms with Gasteiger partial charge >= 0.3 is 11.7 Å². The molecule has 1 aliphatic rings. The number of alkyl halides is 2. The van der Waals surface area contributed by atoms with Crippen molar-refractivity contribution in [2.45, 2.75) is 12.3 Å². The summed E-state index contributed by atoms with van der Waals surface area (Å²) in [5.74, 6) is -5.23. The molecule has 8 nitrogen and oxygen atoms in total. The Hall–Kier alpha value is -2.52. The van der Waals surface area contributed by atoms with Gasteiger partial charge in [-0.15, -0.1) is 0 Å². The van der Waals surface area contributed by atoms with E-state index in [0.29, 0.717) is 0 Å². The van der Waals surface area contributed by atoms with Crippen molar-refractivity contribution in [1.82, 2.24) is 4.98 Å². The third kappa shape index (κ3) is 2.44. The van der Waals surface area contributed by atoms with Gasteiger partial charge in [0.25, 0.3) is 5.92 Å². The number of hydrogen-bond acceptors (Lipinski definition) is 6. The summed E-state index contributed by atoms with van der Waals surface area (Å²) >= 11 is 0. The van der Waals surface area contributed by atoms with Gasteiger partial charge in [0.15, 0.2) is 0 Å². The molecule has 0 unspecified atom stereocenters. The molecule has 1 aliphatic heterocycles. The minimum absolute atomic E-state index is 0.0997. The summed E-state index contributed by atoms with van der Waals surface area (Å²) in [6.45, 7) is -0.797. The van der Waals surface area contributed by atoms with E-state index in [2.05, 4.69) is 4.98 Å². The molecule has 1 aromatic rings. The fraction of sp³-hybridized carbons (Fsp3) is 0.400. The summed E-state index contributed by atoms with van der Waals surface area (Å²) in [7, 11) is 0. The van der Waals surface area contributed by atoms with Crippen LogP contribution in [0.25, 0.3) is 0 Å². The number of rotatable bonds is 3. The third-order valence-corrected chi connectivity index (χ3v) is 2.91. The first-order valence-corrected chi connectivity index (χ1v) is 5.52. The summed E-state index contributed by atoms with van der Waals surface area (Å²) in [5.41, 5.74) is 4.17. The normalized spacial score (nSPS) is 17.2. The second kappa shape index (κ2) is 4.54. The second-order valence-electron chi connectivity index (χ2n) is 4.35. The number of aromatic nitrogens is 1. The van der Waals surface area contributed by atoms with E-state index in [4.69, 9.17) is 10.8 Å². The SMILES string of the molecule is Nc1nc(N2CCC(F)(F)C2)c(C(=O)O)cc1[N+](=O)[O-]. The molecule has 1 fully saturated rings. The van der Waals surface area contributed by atoms with Crippen LogP contribution in [0.5, 0.6) is 0 Å². The summed E-state index contributed by atoms with van der Waals surface area (Å²) < 4.78 is 26.3. The number of pyridine rings is 1. The first-order chi connectivity index (χ1) is 9.21. The zero-order valence-corrected chi connectivity index (χ0v) is 10.0. The van der Waals surface area contributed by atoms with E-state index in [1.54, 1.807) is 0 Å². The van der Waals surface area contributed by atoms with Gasteiger partial charge in [0.1, 0.15) is 11.4 Å². The highest BCUT2D eigenvalue weighted by atomic mass is 19.3. The quantitative estimate of drug-likeness (QED) is 0.631. The number of carbonyl (C=O) groups is 1. The smallest absolute Gasteiger partial charge is 0.339 e. The largest absolute Gasteiger partial charge is 0.478 e. The fourth-order valence-electron chi connectivity index (χ4n) is 1.97. The zero-order valence-electron chi connectivity index (χ0n) is 10.0. The Balaban J connectivity index is 2.50. The minimum atomic E-state index is -2.95. The summed E-state index contributed by atoms with van der Waals surface area (Å²) in [4.78, 5) is 25.6. The number of anilines is 2. The molecule has 0 amide bonds. The number of carboxylic acids is 1. The van der Waals surface area contributed by atoms with Gasteiger partial charge in [0.2, 0.25) is 5.82 Å². The minimum Gasteiger partial charge on any atom is -0.478 e. The molecule has 3 N–H and O–H groups in total. The highest BCUT2D eigenvalue weighted by Crippen LogP contribution is 2.34. The molecule has 108 valence electrons. The van der Waals surface area contributed by atoms with E-state index in [1.807, 2.05) is 0 Å². The molecular weight excluding hydrogens is 278 g/mol. The predicted molar refractivity (Wildman–Crippen MR) is 64.0 cm³/mol. The Kier molecular flexibility index (Phi) is 3.16. The van der Waals surface area contributed by atoms with E-state index in [1.165, 1.54) is 0 Å². The maximum Gasteiger partial charge on any atom is 0.339 e. The number of nitrogens with zero attached hydrogens (tertiary/aromatic N) is 3. The predicted octanol–water partition coefficient (Wildman–Crippen LogP) is 1.12. The molecule has 10 heteroatoms. The number of halogens is 2. The monoisotopic (exact) mass is 288 g/mol. The molecule has 0 bridgehead atoms. The highest BCUT2D eigenvalue weighted by Gasteiger charge is 2.40. The lowest BCUT2D eigenvalue weighted by Crippen LogP contribution is -2.27. The van der Waals surface area contributed by atoms with E-state index in [9.17, 15) is 23.7 Å². The van der Waals surface area contributed by atoms with Crippen molar-refractivity contribution in [2.24, 2.45) is 0 Å². The average Bonchev–Trinajstić information content (AvgIpc) is 2.68. The van der Waals surface area contributed by atoms with E-state index < -0.39 is 46.8 Å². The molecule has 2 rings (SSSR count). The van der Waals surface area contributed by atoms with Gasteiger partial charge < -0.3 is 15.7 Å². The fourth-order valence-corrected chi connectivity index (χ4v) is 1.97. The van der Waals surface area contributed by atoms with Gasteiger partial charge in [-0.25, -0.2) is 18.6 Å². The van der Waals surface area contributed by atoms with Crippen LogP contribution in [0.4, 0.5) is 26.1 Å². The first-order valence-electron chi connectivity index (χ1n) is 5.52. The van der Waals surface area contributed by atoms with Crippen LogP contribution < -0.4 is 10.6 Å². The molecule has 0 saturated carbocycles. The molecule has 0 aliphatic carbocycles. The maximum absolute atomic E-state index is 13.2. The van der Waals surface area contributed by atoms with Crippen molar-refractivity contribution >= 4 is 23.3 Å². The molecule has 1 aromatic heterocycles. The second-order valence-corrected chi connectivity index (χ2v) is 4.35. The van der Waals surface area contributed by atoms with Gasteiger partial charge in [0.05, 0.1) is 11.5 Å². The van der Waals surface area contributed by atoms with Crippen molar-refractivity contribution in [3.8, 4) is 0 Å². The standard InChI is InChI=1S/C10H10F2N4O4/c11-10(12)1-2-15(4-10)8-5(9(17)18)3-6(16(19)20)7(13)14-8/h3H,1-2,4H2,(H2,13,14)(H,17,18). The Morgan fingerprint density at radius 1 is 1.60 bits per heavy atom. The number of nitrogens with two attached hydrogens (primary N) is 1. The van der Waals surface area contributed by atoms with Gasteiger partial charge in [-0.1, -0.05) is 0 Å². The van der Waals surface area contributed by atoms with Crippen molar-refractivity contribution in [3.05, 3.63) is 21.7 Å². The van der Waals surface area contributed by atoms with Gasteiger partial charge in [-0.2, -0.15) is 0 Å². The van der Waals surface area contributed by atoms with Gasteiger partial charge in [-0.3, -0.25) is 10.1 Å². The van der Waals surface area contributed by atoms with Crippen LogP contribution in [0.3, 0.4) is 0 Å². The van der Waals surface area contributed by atoms with Crippen molar-refractivity contribution in [3.63, 3.8) is 0 Å².